The lowest BCUT2D eigenvalue weighted by Crippen LogP contribution is -2.17. The molecule has 7 heteroatoms. The summed E-state index contributed by atoms with van der Waals surface area (Å²) < 4.78 is 6.25. The molecule has 0 aliphatic carbocycles. The zero-order valence-corrected chi connectivity index (χ0v) is 17.1. The zero-order valence-electron chi connectivity index (χ0n) is 15.6. The first kappa shape index (κ1) is 19.0. The number of hydrogen-bond acceptors (Lipinski definition) is 6. The minimum absolute atomic E-state index is 0.467. The van der Waals surface area contributed by atoms with Crippen LogP contribution >= 0.6 is 23.4 Å². The predicted octanol–water partition coefficient (Wildman–Crippen LogP) is 5.98. The van der Waals surface area contributed by atoms with Crippen LogP contribution in [0, 0.1) is 0 Å². The van der Waals surface area contributed by atoms with Crippen LogP contribution in [-0.4, -0.2) is 20.9 Å². The van der Waals surface area contributed by atoms with E-state index in [1.165, 1.54) is 12.8 Å². The first-order valence-corrected chi connectivity index (χ1v) is 10.8. The fourth-order valence-corrected chi connectivity index (χ4v) is 4.06. The number of benzene rings is 2. The van der Waals surface area contributed by atoms with Crippen molar-refractivity contribution in [3.8, 4) is 17.1 Å². The molecule has 1 N–H and O–H groups in total. The summed E-state index contributed by atoms with van der Waals surface area (Å²) in [5, 5.41) is 13.4. The third-order valence-electron chi connectivity index (χ3n) is 4.50. The summed E-state index contributed by atoms with van der Waals surface area (Å²) in [6.45, 7) is 2.19. The lowest BCUT2D eigenvalue weighted by atomic mass is 10.1. The summed E-state index contributed by atoms with van der Waals surface area (Å²) in [6.07, 6.45) is 3.06. The van der Waals surface area contributed by atoms with Crippen LogP contribution in [0.1, 0.15) is 38.0 Å². The Labute approximate surface area is 173 Å². The molecule has 1 unspecified atom stereocenters. The van der Waals surface area contributed by atoms with E-state index in [2.05, 4.69) is 27.4 Å². The molecule has 1 atom stereocenters. The second-order valence-electron chi connectivity index (χ2n) is 6.51. The molecule has 144 valence electrons. The van der Waals surface area contributed by atoms with Crippen molar-refractivity contribution in [1.29, 1.82) is 0 Å². The third kappa shape index (κ3) is 4.08. The van der Waals surface area contributed by atoms with Gasteiger partial charge in [0, 0.05) is 27.6 Å². The Hall–Kier alpha value is -2.31. The van der Waals surface area contributed by atoms with E-state index in [0.29, 0.717) is 21.8 Å². The molecule has 0 radical (unpaired) electrons. The molecule has 0 fully saturated rings. The van der Waals surface area contributed by atoms with Crippen LogP contribution in [0.2, 0.25) is 5.02 Å². The fourth-order valence-electron chi connectivity index (χ4n) is 3.05. The van der Waals surface area contributed by atoms with Crippen molar-refractivity contribution in [2.45, 2.75) is 37.6 Å². The highest BCUT2D eigenvalue weighted by atomic mass is 35.5. The largest absolute Gasteiger partial charge is 0.448 e. The van der Waals surface area contributed by atoms with E-state index in [1.54, 1.807) is 11.8 Å². The second-order valence-corrected chi connectivity index (χ2v) is 7.98. The molecular formula is C21H21ClN4OS. The molecule has 2 heterocycles. The van der Waals surface area contributed by atoms with Crippen molar-refractivity contribution < 1.29 is 4.74 Å². The van der Waals surface area contributed by atoms with Gasteiger partial charge in [0.1, 0.15) is 0 Å². The molecule has 28 heavy (non-hydrogen) atoms. The Morgan fingerprint density at radius 3 is 2.75 bits per heavy atom. The number of rotatable bonds is 6. The average molecular weight is 413 g/mol. The Bertz CT molecular complexity index is 969. The molecule has 0 saturated carbocycles. The van der Waals surface area contributed by atoms with Crippen LogP contribution in [0.15, 0.2) is 53.7 Å². The molecular weight excluding hydrogens is 392 g/mol. The molecule has 0 bridgehead atoms. The number of fused-ring (bicyclic) bond motifs is 3. The molecule has 1 aliphatic heterocycles. The Morgan fingerprint density at radius 2 is 1.89 bits per heavy atom. The fraction of sp³-hybridized carbons (Fsp3) is 0.286. The van der Waals surface area contributed by atoms with Crippen LogP contribution in [-0.2, 0) is 0 Å². The van der Waals surface area contributed by atoms with Gasteiger partial charge in [0.25, 0.3) is 0 Å². The summed E-state index contributed by atoms with van der Waals surface area (Å²) in [6, 6.07) is 15.6. The van der Waals surface area contributed by atoms with Crippen molar-refractivity contribution >= 4 is 29.1 Å². The monoisotopic (exact) mass is 412 g/mol. The average Bonchev–Trinajstić information content (AvgIpc) is 2.88. The number of aromatic nitrogens is 3. The van der Waals surface area contributed by atoms with Gasteiger partial charge in [-0.3, -0.25) is 0 Å². The lowest BCUT2D eigenvalue weighted by Gasteiger charge is -2.20. The third-order valence-corrected chi connectivity index (χ3v) is 5.77. The van der Waals surface area contributed by atoms with E-state index < -0.39 is 6.23 Å². The summed E-state index contributed by atoms with van der Waals surface area (Å²) in [5.41, 5.74) is 3.30. The topological polar surface area (TPSA) is 59.9 Å². The van der Waals surface area contributed by atoms with Gasteiger partial charge in [-0.1, -0.05) is 79.5 Å². The van der Waals surface area contributed by atoms with E-state index >= 15 is 0 Å². The van der Waals surface area contributed by atoms with Gasteiger partial charge >= 0.3 is 0 Å². The summed E-state index contributed by atoms with van der Waals surface area (Å²) in [4.78, 5) is 4.66. The van der Waals surface area contributed by atoms with Crippen LogP contribution in [0.4, 0.5) is 5.69 Å². The maximum atomic E-state index is 6.42. The highest BCUT2D eigenvalue weighted by Crippen LogP contribution is 2.40. The van der Waals surface area contributed by atoms with Gasteiger partial charge < -0.3 is 10.1 Å². The highest BCUT2D eigenvalue weighted by Gasteiger charge is 2.27. The summed E-state index contributed by atoms with van der Waals surface area (Å²) >= 11 is 8.03. The standard InChI is InChI=1S/C21H21ClN4OS/c1-2-3-8-13-28-21-24-20-18(25-26-21)15-10-5-7-12-17(15)23-19(27-20)14-9-4-6-11-16(14)22/h4-7,9-12,19,23H,2-3,8,13H2,1H3. The number of hydrogen-bond donors (Lipinski definition) is 1. The van der Waals surface area contributed by atoms with Gasteiger partial charge in [-0.15, -0.1) is 10.2 Å². The Morgan fingerprint density at radius 1 is 1.07 bits per heavy atom. The molecule has 0 saturated heterocycles. The van der Waals surface area contributed by atoms with E-state index in [9.17, 15) is 0 Å². The van der Waals surface area contributed by atoms with E-state index in [-0.39, 0.29) is 0 Å². The molecule has 2 aromatic carbocycles. The van der Waals surface area contributed by atoms with Crippen LogP contribution in [0.3, 0.4) is 0 Å². The molecule has 0 spiro atoms. The molecule has 4 rings (SSSR count). The summed E-state index contributed by atoms with van der Waals surface area (Å²) in [7, 11) is 0. The normalized spacial score (nSPS) is 15.0. The van der Waals surface area contributed by atoms with Crippen molar-refractivity contribution in [1.82, 2.24) is 15.2 Å². The minimum Gasteiger partial charge on any atom is -0.448 e. The number of anilines is 1. The van der Waals surface area contributed by atoms with Crippen LogP contribution in [0.25, 0.3) is 11.3 Å². The first-order chi connectivity index (χ1) is 13.8. The number of nitrogens with zero attached hydrogens (tertiary/aromatic N) is 3. The molecule has 1 aliphatic rings. The van der Waals surface area contributed by atoms with E-state index in [1.807, 2.05) is 48.5 Å². The van der Waals surface area contributed by atoms with Crippen molar-refractivity contribution in [3.05, 3.63) is 59.1 Å². The van der Waals surface area contributed by atoms with Crippen molar-refractivity contribution in [3.63, 3.8) is 0 Å². The Balaban J connectivity index is 1.70. The predicted molar refractivity (Wildman–Crippen MR) is 114 cm³/mol. The Kier molecular flexibility index (Phi) is 5.98. The van der Waals surface area contributed by atoms with Crippen LogP contribution in [0.5, 0.6) is 5.88 Å². The van der Waals surface area contributed by atoms with Gasteiger partial charge in [-0.2, -0.15) is 4.98 Å². The smallest absolute Gasteiger partial charge is 0.247 e. The van der Waals surface area contributed by atoms with E-state index in [4.69, 9.17) is 16.3 Å². The molecule has 1 aromatic heterocycles. The maximum absolute atomic E-state index is 6.42. The number of halogens is 1. The van der Waals surface area contributed by atoms with Crippen LogP contribution < -0.4 is 10.1 Å². The zero-order chi connectivity index (χ0) is 19.3. The number of ether oxygens (including phenoxy) is 1. The molecule has 5 nitrogen and oxygen atoms in total. The van der Waals surface area contributed by atoms with Gasteiger partial charge in [-0.05, 0) is 18.6 Å². The first-order valence-electron chi connectivity index (χ1n) is 9.41. The second kappa shape index (κ2) is 8.80. The molecule has 0 amide bonds. The molecule has 3 aromatic rings. The highest BCUT2D eigenvalue weighted by molar-refractivity contribution is 7.99. The van der Waals surface area contributed by atoms with Gasteiger partial charge in [0.2, 0.25) is 11.0 Å². The maximum Gasteiger partial charge on any atom is 0.247 e. The van der Waals surface area contributed by atoms with Crippen molar-refractivity contribution in [2.75, 3.05) is 11.1 Å². The minimum atomic E-state index is -0.467. The van der Waals surface area contributed by atoms with E-state index in [0.717, 1.165) is 29.0 Å². The van der Waals surface area contributed by atoms with Gasteiger partial charge in [-0.25, -0.2) is 0 Å². The summed E-state index contributed by atoms with van der Waals surface area (Å²) in [5.74, 6) is 1.44. The number of para-hydroxylation sites is 1. The van der Waals surface area contributed by atoms with Gasteiger partial charge in [0.05, 0.1) is 0 Å². The van der Waals surface area contributed by atoms with Gasteiger partial charge in [0.15, 0.2) is 11.9 Å². The lowest BCUT2D eigenvalue weighted by molar-refractivity contribution is 0.225. The number of nitrogens with one attached hydrogen (secondary N) is 1. The number of thioether (sulfide) groups is 1. The SMILES string of the molecule is CCCCCSc1nnc2c(n1)OC(c1ccccc1Cl)Nc1ccccc1-2. The van der Waals surface area contributed by atoms with Crippen molar-refractivity contribution in [2.24, 2.45) is 0 Å². The quantitative estimate of drug-likeness (QED) is 0.397. The number of unbranched alkanes of at least 4 members (excludes halogenated alkanes) is 2.